The lowest BCUT2D eigenvalue weighted by atomic mass is 10.0. The quantitative estimate of drug-likeness (QED) is 0.451. The van der Waals surface area contributed by atoms with Crippen LogP contribution in [0.3, 0.4) is 0 Å². The van der Waals surface area contributed by atoms with E-state index in [1.165, 1.54) is 11.0 Å². The number of aromatic carboxylic acids is 1. The minimum atomic E-state index is -4.90. The largest absolute Gasteiger partial charge is 0.477 e. The maximum absolute atomic E-state index is 15.8. The minimum absolute atomic E-state index is 0.0648. The van der Waals surface area contributed by atoms with Gasteiger partial charge in [-0.3, -0.25) is 4.79 Å². The number of morpholine rings is 1. The van der Waals surface area contributed by atoms with Crippen molar-refractivity contribution in [2.45, 2.75) is 6.18 Å². The first-order valence-corrected chi connectivity index (χ1v) is 9.62. The highest BCUT2D eigenvalue weighted by atomic mass is 19.4. The van der Waals surface area contributed by atoms with Gasteiger partial charge in [0.1, 0.15) is 11.3 Å². The lowest BCUT2D eigenvalue weighted by Crippen LogP contribution is -2.38. The number of ether oxygens (including phenoxy) is 1. The summed E-state index contributed by atoms with van der Waals surface area (Å²) in [4.78, 5) is 25.7. The molecule has 1 aromatic heterocycles. The van der Waals surface area contributed by atoms with Crippen LogP contribution in [0.15, 0.2) is 35.3 Å². The topological polar surface area (TPSA) is 97.8 Å². The molecule has 3 N–H and O–H groups in total. The Morgan fingerprint density at radius 1 is 1.09 bits per heavy atom. The standard InChI is InChI=1S/C21H16F5N3O4/c22-14-16(27)13-17(15(23)18(14)28-5-7-33-8-6-28)29(9-10(19(13)30)20(31)32)12-4-2-1-3-11(12)21(24,25)26/h1-4,9H,5-8,27H2,(H,31,32). The minimum Gasteiger partial charge on any atom is -0.477 e. The number of anilines is 2. The van der Waals surface area contributed by atoms with Crippen LogP contribution in [-0.2, 0) is 10.9 Å². The first-order chi connectivity index (χ1) is 15.5. The summed E-state index contributed by atoms with van der Waals surface area (Å²) in [5.41, 5.74) is -0.643. The van der Waals surface area contributed by atoms with Gasteiger partial charge >= 0.3 is 12.1 Å². The van der Waals surface area contributed by atoms with Crippen molar-refractivity contribution in [2.75, 3.05) is 36.9 Å². The Bertz CT molecular complexity index is 1330. The molecule has 0 radical (unpaired) electrons. The first-order valence-electron chi connectivity index (χ1n) is 9.62. The van der Waals surface area contributed by atoms with Gasteiger partial charge in [0.15, 0.2) is 11.6 Å². The van der Waals surface area contributed by atoms with Crippen LogP contribution >= 0.6 is 0 Å². The lowest BCUT2D eigenvalue weighted by molar-refractivity contribution is -0.137. The molecule has 0 aliphatic carbocycles. The smallest absolute Gasteiger partial charge is 0.418 e. The van der Waals surface area contributed by atoms with Crippen molar-refractivity contribution in [3.05, 3.63) is 63.4 Å². The summed E-state index contributed by atoms with van der Waals surface area (Å²) in [6, 6.07) is 4.01. The maximum atomic E-state index is 15.8. The number of fused-ring (bicyclic) bond motifs is 1. The van der Waals surface area contributed by atoms with E-state index in [9.17, 15) is 27.9 Å². The molecular weight excluding hydrogens is 453 g/mol. The molecule has 1 saturated heterocycles. The van der Waals surface area contributed by atoms with Crippen LogP contribution in [0.4, 0.5) is 33.3 Å². The molecule has 7 nitrogen and oxygen atoms in total. The molecule has 3 aromatic rings. The molecule has 0 atom stereocenters. The molecule has 0 spiro atoms. The van der Waals surface area contributed by atoms with Gasteiger partial charge in [-0.15, -0.1) is 0 Å². The summed E-state index contributed by atoms with van der Waals surface area (Å²) in [5.74, 6) is -4.44. The zero-order valence-electron chi connectivity index (χ0n) is 16.7. The average molecular weight is 469 g/mol. The Labute approximate surface area is 182 Å². The SMILES string of the molecule is Nc1c(F)c(N2CCOCC2)c(F)c2c1c(=O)c(C(=O)O)cn2-c1ccccc1C(F)(F)F. The van der Waals surface area contributed by atoms with Gasteiger partial charge in [-0.2, -0.15) is 13.2 Å². The number of hydrogen-bond acceptors (Lipinski definition) is 5. The number of carboxylic acid groups (broad SMARTS) is 1. The van der Waals surface area contributed by atoms with E-state index in [1.807, 2.05) is 0 Å². The van der Waals surface area contributed by atoms with Crippen molar-refractivity contribution in [3.63, 3.8) is 0 Å². The number of benzene rings is 2. The zero-order chi connectivity index (χ0) is 24.1. The molecule has 0 amide bonds. The van der Waals surface area contributed by atoms with Crippen molar-refractivity contribution < 1.29 is 36.6 Å². The molecule has 4 rings (SSSR count). The van der Waals surface area contributed by atoms with Gasteiger partial charge in [0.25, 0.3) is 0 Å². The number of pyridine rings is 1. The first kappa shape index (κ1) is 22.5. The monoisotopic (exact) mass is 469 g/mol. The number of halogens is 5. The van der Waals surface area contributed by atoms with Gasteiger partial charge in [-0.1, -0.05) is 12.1 Å². The normalized spacial score (nSPS) is 14.6. The molecule has 174 valence electrons. The van der Waals surface area contributed by atoms with Crippen LogP contribution < -0.4 is 16.1 Å². The van der Waals surface area contributed by atoms with Gasteiger partial charge < -0.3 is 25.0 Å². The zero-order valence-corrected chi connectivity index (χ0v) is 16.7. The number of aromatic nitrogens is 1. The number of carbonyl (C=O) groups is 1. The number of carboxylic acids is 1. The van der Waals surface area contributed by atoms with E-state index < -0.39 is 68.3 Å². The Morgan fingerprint density at radius 2 is 1.73 bits per heavy atom. The van der Waals surface area contributed by atoms with E-state index in [0.29, 0.717) is 16.8 Å². The predicted molar refractivity (Wildman–Crippen MR) is 109 cm³/mol. The van der Waals surface area contributed by atoms with Gasteiger partial charge in [0, 0.05) is 19.3 Å². The third-order valence-corrected chi connectivity index (χ3v) is 5.36. The molecule has 1 fully saturated rings. The number of para-hydroxylation sites is 1. The highest BCUT2D eigenvalue weighted by molar-refractivity contribution is 6.00. The summed E-state index contributed by atoms with van der Waals surface area (Å²) in [5, 5.41) is 8.57. The van der Waals surface area contributed by atoms with E-state index >= 15 is 8.78 Å². The summed E-state index contributed by atoms with van der Waals surface area (Å²) in [6.07, 6.45) is -4.31. The van der Waals surface area contributed by atoms with Crippen molar-refractivity contribution in [2.24, 2.45) is 0 Å². The van der Waals surface area contributed by atoms with E-state index in [0.717, 1.165) is 12.1 Å². The second-order valence-corrected chi connectivity index (χ2v) is 7.28. The lowest BCUT2D eigenvalue weighted by Gasteiger charge is -2.30. The van der Waals surface area contributed by atoms with Crippen LogP contribution in [0.2, 0.25) is 0 Å². The number of nitrogen functional groups attached to an aromatic ring is 1. The molecule has 12 heteroatoms. The fourth-order valence-corrected chi connectivity index (χ4v) is 3.86. The predicted octanol–water partition coefficient (Wildman–Crippen LogP) is 3.40. The molecule has 0 unspecified atom stereocenters. The highest BCUT2D eigenvalue weighted by Gasteiger charge is 2.35. The summed E-state index contributed by atoms with van der Waals surface area (Å²) < 4.78 is 77.8. The molecular formula is C21H16F5N3O4. The molecule has 33 heavy (non-hydrogen) atoms. The van der Waals surface area contributed by atoms with Crippen LogP contribution in [0.1, 0.15) is 15.9 Å². The Morgan fingerprint density at radius 3 is 2.33 bits per heavy atom. The Kier molecular flexibility index (Phi) is 5.48. The third kappa shape index (κ3) is 3.65. The van der Waals surface area contributed by atoms with Crippen LogP contribution in [-0.4, -0.2) is 41.9 Å². The van der Waals surface area contributed by atoms with Crippen molar-refractivity contribution in [3.8, 4) is 5.69 Å². The molecule has 2 aromatic carbocycles. The van der Waals surface area contributed by atoms with E-state index in [1.54, 1.807) is 0 Å². The van der Waals surface area contributed by atoms with E-state index in [-0.39, 0.29) is 26.3 Å². The van der Waals surface area contributed by atoms with Gasteiger partial charge in [0.05, 0.1) is 41.1 Å². The molecule has 1 aliphatic heterocycles. The second-order valence-electron chi connectivity index (χ2n) is 7.28. The van der Waals surface area contributed by atoms with Crippen LogP contribution in [0.5, 0.6) is 0 Å². The number of nitrogens with zero attached hydrogens (tertiary/aromatic N) is 2. The second kappa shape index (κ2) is 8.03. The Hall–Kier alpha value is -3.67. The maximum Gasteiger partial charge on any atom is 0.418 e. The molecule has 0 saturated carbocycles. The van der Waals surface area contributed by atoms with Crippen molar-refractivity contribution >= 4 is 28.2 Å². The van der Waals surface area contributed by atoms with E-state index in [2.05, 4.69) is 0 Å². The number of hydrogen-bond donors (Lipinski definition) is 2. The fourth-order valence-electron chi connectivity index (χ4n) is 3.86. The molecule has 2 heterocycles. The molecule has 1 aliphatic rings. The molecule has 0 bridgehead atoms. The highest BCUT2D eigenvalue weighted by Crippen LogP contribution is 2.39. The fraction of sp³-hybridized carbons (Fsp3) is 0.238. The van der Waals surface area contributed by atoms with Gasteiger partial charge in [-0.05, 0) is 12.1 Å². The van der Waals surface area contributed by atoms with Crippen LogP contribution in [0.25, 0.3) is 16.6 Å². The summed E-state index contributed by atoms with van der Waals surface area (Å²) in [6.45, 7) is 0.404. The van der Waals surface area contributed by atoms with Crippen LogP contribution in [0, 0.1) is 11.6 Å². The number of alkyl halides is 3. The van der Waals surface area contributed by atoms with E-state index in [4.69, 9.17) is 10.5 Å². The average Bonchev–Trinajstić information content (AvgIpc) is 2.77. The third-order valence-electron chi connectivity index (χ3n) is 5.36. The van der Waals surface area contributed by atoms with Gasteiger partial charge in [0.2, 0.25) is 5.43 Å². The number of nitrogens with two attached hydrogens (primary N) is 1. The Balaban J connectivity index is 2.20. The summed E-state index contributed by atoms with van der Waals surface area (Å²) >= 11 is 0. The van der Waals surface area contributed by atoms with Crippen molar-refractivity contribution in [1.29, 1.82) is 0 Å². The van der Waals surface area contributed by atoms with Gasteiger partial charge in [-0.25, -0.2) is 13.6 Å². The summed E-state index contributed by atoms with van der Waals surface area (Å²) in [7, 11) is 0. The number of rotatable bonds is 3. The van der Waals surface area contributed by atoms with Crippen molar-refractivity contribution in [1.82, 2.24) is 4.57 Å².